The first-order valence-electron chi connectivity index (χ1n) is 8.15. The Hall–Kier alpha value is -1.93. The molecule has 3 heterocycles. The van der Waals surface area contributed by atoms with Gasteiger partial charge in [0.15, 0.2) is 0 Å². The molecule has 7 nitrogen and oxygen atoms in total. The highest BCUT2D eigenvalue weighted by Gasteiger charge is 2.41. The number of hydrogen-bond donors (Lipinski definition) is 0. The van der Waals surface area contributed by atoms with Gasteiger partial charge in [0.05, 0.1) is 30.4 Å². The third-order valence-corrected chi connectivity index (χ3v) is 6.78. The highest BCUT2D eigenvalue weighted by Crippen LogP contribution is 2.33. The monoisotopic (exact) mass is 348 g/mol. The molecule has 0 radical (unpaired) electrons. The van der Waals surface area contributed by atoms with Gasteiger partial charge in [-0.2, -0.15) is 4.31 Å². The largest absolute Gasteiger partial charge is 0.477 e. The quantitative estimate of drug-likeness (QED) is 0.813. The van der Waals surface area contributed by atoms with Gasteiger partial charge in [0.1, 0.15) is 0 Å². The number of imidazole rings is 1. The fourth-order valence-electron chi connectivity index (χ4n) is 3.03. The molecule has 0 bridgehead atoms. The summed E-state index contributed by atoms with van der Waals surface area (Å²) in [5.41, 5.74) is 0.930. The van der Waals surface area contributed by atoms with E-state index in [4.69, 9.17) is 4.74 Å². The molecule has 0 spiro atoms. The number of nitrogens with zero attached hydrogens (tertiary/aromatic N) is 4. The van der Waals surface area contributed by atoms with Gasteiger partial charge in [-0.05, 0) is 18.9 Å². The molecule has 0 N–H and O–H groups in total. The van der Waals surface area contributed by atoms with Crippen LogP contribution in [-0.2, 0) is 23.1 Å². The Bertz CT molecular complexity index is 802. The summed E-state index contributed by atoms with van der Waals surface area (Å²) >= 11 is 0. The molecule has 2 aliphatic rings. The number of aromatic nitrogens is 3. The predicted octanol–water partition coefficient (Wildman–Crippen LogP) is 1.28. The second-order valence-corrected chi connectivity index (χ2v) is 8.63. The van der Waals surface area contributed by atoms with Crippen molar-refractivity contribution in [1.29, 1.82) is 0 Å². The van der Waals surface area contributed by atoms with Crippen molar-refractivity contribution in [1.82, 2.24) is 18.8 Å². The van der Waals surface area contributed by atoms with Crippen LogP contribution in [0.5, 0.6) is 5.88 Å². The van der Waals surface area contributed by atoms with E-state index >= 15 is 0 Å². The fraction of sp³-hybridized carbons (Fsp3) is 0.500. The number of sulfonamides is 1. The minimum Gasteiger partial charge on any atom is -0.477 e. The summed E-state index contributed by atoms with van der Waals surface area (Å²) in [6.07, 6.45) is 6.73. The van der Waals surface area contributed by atoms with E-state index in [2.05, 4.69) is 9.97 Å². The van der Waals surface area contributed by atoms with Crippen LogP contribution in [0.2, 0.25) is 0 Å². The molecule has 1 saturated carbocycles. The Morgan fingerprint density at radius 1 is 1.25 bits per heavy atom. The van der Waals surface area contributed by atoms with Crippen molar-refractivity contribution >= 4 is 10.0 Å². The molecule has 24 heavy (non-hydrogen) atoms. The molecule has 2 aromatic heterocycles. The summed E-state index contributed by atoms with van der Waals surface area (Å²) < 4.78 is 34.8. The summed E-state index contributed by atoms with van der Waals surface area (Å²) in [4.78, 5) is 8.32. The molecule has 2 aromatic rings. The van der Waals surface area contributed by atoms with E-state index in [1.807, 2.05) is 16.7 Å². The zero-order valence-corrected chi connectivity index (χ0v) is 14.1. The van der Waals surface area contributed by atoms with Crippen molar-refractivity contribution in [2.24, 2.45) is 5.92 Å². The lowest BCUT2D eigenvalue weighted by Crippen LogP contribution is -2.37. The van der Waals surface area contributed by atoms with E-state index in [1.54, 1.807) is 29.1 Å². The van der Waals surface area contributed by atoms with Crippen LogP contribution < -0.4 is 4.74 Å². The molecular weight excluding hydrogens is 328 g/mol. The zero-order valence-electron chi connectivity index (χ0n) is 13.3. The molecule has 1 aliphatic heterocycles. The third kappa shape index (κ3) is 3.16. The minimum atomic E-state index is -3.23. The van der Waals surface area contributed by atoms with Gasteiger partial charge in [-0.1, -0.05) is 6.07 Å². The lowest BCUT2D eigenvalue weighted by Gasteiger charge is -2.23. The molecule has 0 amide bonds. The first kappa shape index (κ1) is 15.6. The maximum atomic E-state index is 12.7. The van der Waals surface area contributed by atoms with Crippen LogP contribution in [0.4, 0.5) is 0 Å². The second-order valence-electron chi connectivity index (χ2n) is 6.42. The van der Waals surface area contributed by atoms with Crippen molar-refractivity contribution in [3.05, 3.63) is 42.6 Å². The fourth-order valence-corrected chi connectivity index (χ4v) is 4.91. The van der Waals surface area contributed by atoms with Gasteiger partial charge >= 0.3 is 0 Å². The van der Waals surface area contributed by atoms with Crippen molar-refractivity contribution in [3.63, 3.8) is 0 Å². The number of ether oxygens (including phenoxy) is 1. The zero-order chi connectivity index (χ0) is 16.6. The molecule has 1 unspecified atom stereocenters. The van der Waals surface area contributed by atoms with E-state index in [0.29, 0.717) is 32.1 Å². The lowest BCUT2D eigenvalue weighted by atomic mass is 10.1. The van der Waals surface area contributed by atoms with Crippen LogP contribution in [-0.4, -0.2) is 45.7 Å². The van der Waals surface area contributed by atoms with Gasteiger partial charge < -0.3 is 9.30 Å². The number of rotatable bonds is 5. The SMILES string of the molecule is O=S(=O)(C1CC1)N1Cc2cncn2CC(COc2ccccn2)C1. The van der Waals surface area contributed by atoms with Gasteiger partial charge in [0, 0.05) is 37.5 Å². The first-order chi connectivity index (χ1) is 11.6. The van der Waals surface area contributed by atoms with Crippen molar-refractivity contribution in [2.45, 2.75) is 31.2 Å². The van der Waals surface area contributed by atoms with E-state index in [0.717, 1.165) is 18.5 Å². The Labute approximate surface area is 141 Å². The van der Waals surface area contributed by atoms with E-state index in [1.165, 1.54) is 0 Å². The highest BCUT2D eigenvalue weighted by atomic mass is 32.2. The molecule has 1 fully saturated rings. The molecular formula is C16H20N4O3S. The molecule has 4 rings (SSSR count). The van der Waals surface area contributed by atoms with Gasteiger partial charge in [-0.15, -0.1) is 0 Å². The second kappa shape index (κ2) is 6.18. The van der Waals surface area contributed by atoms with Crippen molar-refractivity contribution in [2.75, 3.05) is 13.2 Å². The lowest BCUT2D eigenvalue weighted by molar-refractivity contribution is 0.206. The van der Waals surface area contributed by atoms with Gasteiger partial charge in [-0.3, -0.25) is 0 Å². The van der Waals surface area contributed by atoms with Gasteiger partial charge in [0.2, 0.25) is 15.9 Å². The number of hydrogen-bond acceptors (Lipinski definition) is 5. The average molecular weight is 348 g/mol. The Morgan fingerprint density at radius 3 is 2.88 bits per heavy atom. The van der Waals surface area contributed by atoms with Gasteiger partial charge in [-0.25, -0.2) is 18.4 Å². The summed E-state index contributed by atoms with van der Waals surface area (Å²) in [5, 5.41) is -0.204. The Morgan fingerprint density at radius 2 is 2.12 bits per heavy atom. The van der Waals surface area contributed by atoms with E-state index < -0.39 is 10.0 Å². The van der Waals surface area contributed by atoms with Crippen molar-refractivity contribution in [3.8, 4) is 5.88 Å². The summed E-state index contributed by atoms with van der Waals surface area (Å²) in [6, 6.07) is 5.51. The molecule has 0 saturated heterocycles. The number of pyridine rings is 1. The topological polar surface area (TPSA) is 77.3 Å². The summed E-state index contributed by atoms with van der Waals surface area (Å²) in [5.74, 6) is 0.611. The number of fused-ring (bicyclic) bond motifs is 1. The van der Waals surface area contributed by atoms with E-state index in [-0.39, 0.29) is 11.2 Å². The molecule has 8 heteroatoms. The highest BCUT2D eigenvalue weighted by molar-refractivity contribution is 7.90. The molecule has 0 aromatic carbocycles. The van der Waals surface area contributed by atoms with E-state index in [9.17, 15) is 8.42 Å². The van der Waals surface area contributed by atoms with Crippen LogP contribution in [0.25, 0.3) is 0 Å². The summed E-state index contributed by atoms with van der Waals surface area (Å²) in [6.45, 7) is 1.97. The predicted molar refractivity (Wildman–Crippen MR) is 87.8 cm³/mol. The van der Waals surface area contributed by atoms with Gasteiger partial charge in [0.25, 0.3) is 0 Å². The Balaban J connectivity index is 1.53. The Kier molecular flexibility index (Phi) is 4.01. The van der Waals surface area contributed by atoms with Crippen LogP contribution in [0, 0.1) is 5.92 Å². The smallest absolute Gasteiger partial charge is 0.217 e. The maximum absolute atomic E-state index is 12.7. The maximum Gasteiger partial charge on any atom is 0.217 e. The van der Waals surface area contributed by atoms with Crippen LogP contribution in [0.1, 0.15) is 18.5 Å². The molecule has 128 valence electrons. The van der Waals surface area contributed by atoms with Crippen LogP contribution in [0.15, 0.2) is 36.9 Å². The minimum absolute atomic E-state index is 0.0518. The average Bonchev–Trinajstić information content (AvgIpc) is 3.38. The summed E-state index contributed by atoms with van der Waals surface area (Å²) in [7, 11) is -3.23. The third-order valence-electron chi connectivity index (χ3n) is 4.46. The van der Waals surface area contributed by atoms with Crippen LogP contribution in [0.3, 0.4) is 0 Å². The van der Waals surface area contributed by atoms with Crippen molar-refractivity contribution < 1.29 is 13.2 Å². The normalized spacial score (nSPS) is 21.9. The molecule has 1 atom stereocenters. The van der Waals surface area contributed by atoms with Crippen LogP contribution >= 0.6 is 0 Å². The first-order valence-corrected chi connectivity index (χ1v) is 9.65. The standard InChI is InChI=1S/C16H20N4O3S/c21-24(22,15-4-5-15)20-9-13(8-19-12-17-7-14(19)10-20)11-23-16-3-1-2-6-18-16/h1-3,6-7,12-13,15H,4-5,8-11H2. The molecule has 1 aliphatic carbocycles.